The number of aromatic amines is 1. The van der Waals surface area contributed by atoms with E-state index < -0.39 is 0 Å². The van der Waals surface area contributed by atoms with Crippen molar-refractivity contribution in [1.29, 1.82) is 0 Å². The van der Waals surface area contributed by atoms with Crippen LogP contribution in [0, 0.1) is 0 Å². The minimum atomic E-state index is -0.301. The lowest BCUT2D eigenvalue weighted by molar-refractivity contribution is 0.0603. The van der Waals surface area contributed by atoms with E-state index in [-0.39, 0.29) is 5.97 Å². The third-order valence-corrected chi connectivity index (χ3v) is 2.50. The van der Waals surface area contributed by atoms with E-state index in [1.54, 1.807) is 6.07 Å². The lowest BCUT2D eigenvalue weighted by Crippen LogP contribution is -2.01. The number of benzene rings is 1. The Hall–Kier alpha value is -1.77. The van der Waals surface area contributed by atoms with Crippen molar-refractivity contribution in [3.63, 3.8) is 0 Å². The lowest BCUT2D eigenvalue weighted by Gasteiger charge is -2.00. The molecule has 0 aliphatic rings. The fourth-order valence-electron chi connectivity index (χ4n) is 1.68. The van der Waals surface area contributed by atoms with Gasteiger partial charge in [0.2, 0.25) is 0 Å². The Balaban J connectivity index is 2.64. The number of aryl methyl sites for hydroxylation is 1. The van der Waals surface area contributed by atoms with Crippen molar-refractivity contribution in [3.05, 3.63) is 35.5 Å². The van der Waals surface area contributed by atoms with Gasteiger partial charge in [-0.05, 0) is 18.6 Å². The first-order valence-corrected chi connectivity index (χ1v) is 4.95. The number of nitrogens with one attached hydrogen (secondary N) is 1. The third-order valence-electron chi connectivity index (χ3n) is 2.50. The molecule has 2 aromatic rings. The van der Waals surface area contributed by atoms with Gasteiger partial charge in [-0.15, -0.1) is 0 Å². The molecule has 0 atom stereocenters. The number of H-pyrrole nitrogens is 1. The smallest absolute Gasteiger partial charge is 0.339 e. The highest BCUT2D eigenvalue weighted by Crippen LogP contribution is 2.20. The van der Waals surface area contributed by atoms with Gasteiger partial charge in [0, 0.05) is 11.1 Å². The molecule has 0 saturated heterocycles. The molecule has 15 heavy (non-hydrogen) atoms. The summed E-state index contributed by atoms with van der Waals surface area (Å²) in [7, 11) is 1.39. The summed E-state index contributed by atoms with van der Waals surface area (Å²) >= 11 is 0. The first-order valence-electron chi connectivity index (χ1n) is 4.95. The molecule has 0 fully saturated rings. The Kier molecular flexibility index (Phi) is 2.46. The fourth-order valence-corrected chi connectivity index (χ4v) is 1.68. The Morgan fingerprint density at radius 1 is 1.47 bits per heavy atom. The van der Waals surface area contributed by atoms with E-state index in [2.05, 4.69) is 18.0 Å². The van der Waals surface area contributed by atoms with Gasteiger partial charge < -0.3 is 9.72 Å². The second kappa shape index (κ2) is 3.77. The molecular weight excluding hydrogens is 190 g/mol. The second-order valence-corrected chi connectivity index (χ2v) is 3.41. The number of esters is 1. The molecule has 1 aromatic carbocycles. The van der Waals surface area contributed by atoms with Gasteiger partial charge in [0.25, 0.3) is 0 Å². The summed E-state index contributed by atoms with van der Waals surface area (Å²) < 4.78 is 4.73. The number of aromatic nitrogens is 1. The monoisotopic (exact) mass is 203 g/mol. The molecule has 0 saturated carbocycles. The summed E-state index contributed by atoms with van der Waals surface area (Å²) in [6.07, 6.45) is 0.926. The van der Waals surface area contributed by atoms with E-state index in [9.17, 15) is 4.79 Å². The number of rotatable bonds is 2. The molecule has 0 amide bonds. The highest BCUT2D eigenvalue weighted by molar-refractivity contribution is 6.03. The molecule has 0 radical (unpaired) electrons. The highest BCUT2D eigenvalue weighted by atomic mass is 16.5. The maximum atomic E-state index is 11.5. The Bertz CT molecular complexity index is 499. The zero-order valence-electron chi connectivity index (χ0n) is 8.83. The molecule has 1 N–H and O–H groups in total. The Labute approximate surface area is 88.1 Å². The van der Waals surface area contributed by atoms with Crippen LogP contribution in [-0.4, -0.2) is 18.1 Å². The minimum Gasteiger partial charge on any atom is -0.465 e. The van der Waals surface area contributed by atoms with Crippen LogP contribution in [0.4, 0.5) is 0 Å². The number of hydrogen-bond donors (Lipinski definition) is 1. The van der Waals surface area contributed by atoms with Gasteiger partial charge in [-0.1, -0.05) is 19.1 Å². The minimum absolute atomic E-state index is 0.301. The predicted octanol–water partition coefficient (Wildman–Crippen LogP) is 2.52. The van der Waals surface area contributed by atoms with Crippen molar-refractivity contribution in [3.8, 4) is 0 Å². The molecule has 3 heteroatoms. The molecule has 3 nitrogen and oxygen atoms in total. The van der Waals surface area contributed by atoms with Crippen molar-refractivity contribution in [2.75, 3.05) is 7.11 Å². The summed E-state index contributed by atoms with van der Waals surface area (Å²) in [5, 5.41) is 1.05. The highest BCUT2D eigenvalue weighted by Gasteiger charge is 2.11. The number of fused-ring (bicyclic) bond motifs is 1. The van der Waals surface area contributed by atoms with Crippen LogP contribution in [0.15, 0.2) is 24.3 Å². The van der Waals surface area contributed by atoms with Crippen LogP contribution in [0.3, 0.4) is 0 Å². The van der Waals surface area contributed by atoms with Crippen molar-refractivity contribution in [2.24, 2.45) is 0 Å². The Morgan fingerprint density at radius 3 is 2.93 bits per heavy atom. The van der Waals surface area contributed by atoms with Gasteiger partial charge in [0.15, 0.2) is 0 Å². The van der Waals surface area contributed by atoms with E-state index in [1.165, 1.54) is 7.11 Å². The number of carbonyl (C=O) groups excluding carboxylic acids is 1. The Morgan fingerprint density at radius 2 is 2.27 bits per heavy atom. The molecule has 0 aliphatic carbocycles. The molecule has 0 bridgehead atoms. The van der Waals surface area contributed by atoms with Gasteiger partial charge in [0.05, 0.1) is 18.2 Å². The molecule has 1 heterocycles. The van der Waals surface area contributed by atoms with Crippen LogP contribution < -0.4 is 0 Å². The van der Waals surface area contributed by atoms with E-state index in [0.717, 1.165) is 23.0 Å². The maximum Gasteiger partial charge on any atom is 0.339 e. The third kappa shape index (κ3) is 1.61. The van der Waals surface area contributed by atoms with Gasteiger partial charge in [0.1, 0.15) is 0 Å². The largest absolute Gasteiger partial charge is 0.465 e. The van der Waals surface area contributed by atoms with E-state index in [0.29, 0.717) is 5.56 Å². The summed E-state index contributed by atoms with van der Waals surface area (Å²) in [5.41, 5.74) is 2.58. The number of ether oxygens (including phenoxy) is 1. The summed E-state index contributed by atoms with van der Waals surface area (Å²) in [6.45, 7) is 2.07. The first kappa shape index (κ1) is 9.77. The van der Waals surface area contributed by atoms with E-state index in [4.69, 9.17) is 4.74 Å². The van der Waals surface area contributed by atoms with Crippen LogP contribution in [0.1, 0.15) is 23.0 Å². The zero-order chi connectivity index (χ0) is 10.8. The summed E-state index contributed by atoms with van der Waals surface area (Å²) in [4.78, 5) is 14.7. The van der Waals surface area contributed by atoms with E-state index in [1.807, 2.05) is 12.1 Å². The normalized spacial score (nSPS) is 10.5. The average Bonchev–Trinajstić information content (AvgIpc) is 2.70. The second-order valence-electron chi connectivity index (χ2n) is 3.41. The van der Waals surface area contributed by atoms with Crippen molar-refractivity contribution >= 4 is 16.9 Å². The molecular formula is C12H13NO2. The topological polar surface area (TPSA) is 42.1 Å². The molecule has 0 unspecified atom stereocenters. The van der Waals surface area contributed by atoms with Gasteiger partial charge >= 0.3 is 5.97 Å². The average molecular weight is 203 g/mol. The van der Waals surface area contributed by atoms with Crippen LogP contribution in [0.2, 0.25) is 0 Å². The molecule has 2 rings (SSSR count). The van der Waals surface area contributed by atoms with Crippen LogP contribution in [-0.2, 0) is 11.2 Å². The van der Waals surface area contributed by atoms with Crippen LogP contribution in [0.25, 0.3) is 10.9 Å². The lowest BCUT2D eigenvalue weighted by atomic mass is 10.1. The van der Waals surface area contributed by atoms with Crippen LogP contribution in [0.5, 0.6) is 0 Å². The van der Waals surface area contributed by atoms with E-state index >= 15 is 0 Å². The quantitative estimate of drug-likeness (QED) is 0.762. The first-order chi connectivity index (χ1) is 7.26. The summed E-state index contributed by atoms with van der Waals surface area (Å²) in [6, 6.07) is 7.67. The predicted molar refractivity (Wildman–Crippen MR) is 59.0 cm³/mol. The molecule has 78 valence electrons. The summed E-state index contributed by atoms with van der Waals surface area (Å²) in [5.74, 6) is -0.301. The van der Waals surface area contributed by atoms with Gasteiger partial charge in [-0.2, -0.15) is 0 Å². The SMILES string of the molecule is CCc1cc2cccc(C(=O)OC)c2[nH]1. The molecule has 1 aromatic heterocycles. The number of methoxy groups -OCH3 is 1. The van der Waals surface area contributed by atoms with Gasteiger partial charge in [-0.25, -0.2) is 4.79 Å². The molecule has 0 spiro atoms. The fraction of sp³-hybridized carbons (Fsp3) is 0.250. The maximum absolute atomic E-state index is 11.5. The van der Waals surface area contributed by atoms with Gasteiger partial charge in [-0.3, -0.25) is 0 Å². The number of para-hydroxylation sites is 1. The van der Waals surface area contributed by atoms with Crippen molar-refractivity contribution in [2.45, 2.75) is 13.3 Å². The number of carbonyl (C=O) groups is 1. The molecule has 0 aliphatic heterocycles. The van der Waals surface area contributed by atoms with Crippen molar-refractivity contribution in [1.82, 2.24) is 4.98 Å². The number of hydrogen-bond acceptors (Lipinski definition) is 2. The zero-order valence-corrected chi connectivity index (χ0v) is 8.83. The van der Waals surface area contributed by atoms with Crippen molar-refractivity contribution < 1.29 is 9.53 Å². The van der Waals surface area contributed by atoms with Crippen LogP contribution >= 0.6 is 0 Å². The standard InChI is InChI=1S/C12H13NO2/c1-3-9-7-8-5-4-6-10(11(8)13-9)12(14)15-2/h4-7,13H,3H2,1-2H3.